The van der Waals surface area contributed by atoms with Crippen molar-refractivity contribution in [3.8, 4) is 0 Å². The molecule has 23 heavy (non-hydrogen) atoms. The summed E-state index contributed by atoms with van der Waals surface area (Å²) in [6.45, 7) is 1.96. The Hall–Kier alpha value is -1.18. The third kappa shape index (κ3) is 5.44. The smallest absolute Gasteiger partial charge is 0.252 e. The molecular formula is C15H20BrClFN3O2. The van der Waals surface area contributed by atoms with Crippen LogP contribution in [0.25, 0.3) is 0 Å². The minimum Gasteiger partial charge on any atom is -0.351 e. The average Bonchev–Trinajstić information content (AvgIpc) is 3.02. The molecule has 0 aliphatic carbocycles. The van der Waals surface area contributed by atoms with E-state index in [9.17, 15) is 14.0 Å². The summed E-state index contributed by atoms with van der Waals surface area (Å²) in [6, 6.07) is 4.14. The van der Waals surface area contributed by atoms with Crippen LogP contribution in [0.15, 0.2) is 22.7 Å². The van der Waals surface area contributed by atoms with Crippen LogP contribution in [0.3, 0.4) is 0 Å². The second-order valence-corrected chi connectivity index (χ2v) is 6.14. The Morgan fingerprint density at radius 1 is 1.48 bits per heavy atom. The van der Waals surface area contributed by atoms with Crippen LogP contribution in [0.2, 0.25) is 0 Å². The van der Waals surface area contributed by atoms with Crippen molar-refractivity contribution >= 4 is 40.2 Å². The predicted octanol–water partition coefficient (Wildman–Crippen LogP) is 1.95. The van der Waals surface area contributed by atoms with Gasteiger partial charge in [-0.2, -0.15) is 0 Å². The van der Waals surface area contributed by atoms with Gasteiger partial charge >= 0.3 is 0 Å². The van der Waals surface area contributed by atoms with Crippen LogP contribution in [0.1, 0.15) is 23.2 Å². The number of hydrogen-bond donors (Lipinski definition) is 2. The summed E-state index contributed by atoms with van der Waals surface area (Å²) in [6.07, 6.45) is 1.18. The summed E-state index contributed by atoms with van der Waals surface area (Å²) in [7, 11) is 1.78. The summed E-state index contributed by atoms with van der Waals surface area (Å²) < 4.78 is 13.7. The second-order valence-electron chi connectivity index (χ2n) is 5.28. The molecule has 8 heteroatoms. The van der Waals surface area contributed by atoms with Crippen molar-refractivity contribution in [2.75, 3.05) is 26.7 Å². The first-order valence-electron chi connectivity index (χ1n) is 7.18. The van der Waals surface area contributed by atoms with Gasteiger partial charge in [0.25, 0.3) is 5.91 Å². The first kappa shape index (κ1) is 19.9. The maximum Gasteiger partial charge on any atom is 0.252 e. The van der Waals surface area contributed by atoms with Gasteiger partial charge in [0.15, 0.2) is 0 Å². The molecule has 1 aliphatic rings. The van der Waals surface area contributed by atoms with Gasteiger partial charge in [-0.1, -0.05) is 0 Å². The molecule has 0 saturated carbocycles. The molecule has 0 radical (unpaired) electrons. The van der Waals surface area contributed by atoms with Crippen molar-refractivity contribution in [1.29, 1.82) is 0 Å². The maximum atomic E-state index is 13.2. The van der Waals surface area contributed by atoms with E-state index in [2.05, 4.69) is 26.6 Å². The van der Waals surface area contributed by atoms with E-state index < -0.39 is 11.7 Å². The molecule has 0 spiro atoms. The Kier molecular flexibility index (Phi) is 7.94. The first-order chi connectivity index (χ1) is 10.5. The summed E-state index contributed by atoms with van der Waals surface area (Å²) in [5.41, 5.74) is 0.223. The molecule has 1 heterocycles. The SMILES string of the molecule is CN(C(=O)CCNC(=O)c1cc(F)ccc1Br)C1CCNC1.Cl. The van der Waals surface area contributed by atoms with E-state index in [0.717, 1.165) is 25.6 Å². The van der Waals surface area contributed by atoms with Crippen LogP contribution < -0.4 is 10.6 Å². The van der Waals surface area contributed by atoms with Gasteiger partial charge in [-0.15, -0.1) is 12.4 Å². The largest absolute Gasteiger partial charge is 0.351 e. The predicted molar refractivity (Wildman–Crippen MR) is 92.3 cm³/mol. The van der Waals surface area contributed by atoms with Crippen LogP contribution >= 0.6 is 28.3 Å². The van der Waals surface area contributed by atoms with E-state index in [1.165, 1.54) is 12.1 Å². The quantitative estimate of drug-likeness (QED) is 0.783. The Labute approximate surface area is 149 Å². The fourth-order valence-electron chi connectivity index (χ4n) is 2.40. The summed E-state index contributed by atoms with van der Waals surface area (Å²) in [5, 5.41) is 5.86. The second kappa shape index (κ2) is 9.20. The van der Waals surface area contributed by atoms with Gasteiger partial charge in [-0.3, -0.25) is 9.59 Å². The van der Waals surface area contributed by atoms with Gasteiger partial charge in [0.1, 0.15) is 5.82 Å². The first-order valence-corrected chi connectivity index (χ1v) is 7.98. The molecule has 5 nitrogen and oxygen atoms in total. The van der Waals surface area contributed by atoms with Crippen molar-refractivity contribution in [2.45, 2.75) is 18.9 Å². The number of hydrogen-bond acceptors (Lipinski definition) is 3. The summed E-state index contributed by atoms with van der Waals surface area (Å²) in [4.78, 5) is 25.8. The minimum absolute atomic E-state index is 0. The van der Waals surface area contributed by atoms with Crippen LogP contribution in [0.5, 0.6) is 0 Å². The highest BCUT2D eigenvalue weighted by Crippen LogP contribution is 2.17. The number of nitrogens with one attached hydrogen (secondary N) is 2. The molecule has 1 aromatic rings. The molecule has 2 N–H and O–H groups in total. The zero-order valence-corrected chi connectivity index (χ0v) is 15.2. The fourth-order valence-corrected chi connectivity index (χ4v) is 2.83. The molecule has 1 aliphatic heterocycles. The van der Waals surface area contributed by atoms with Crippen LogP contribution in [0.4, 0.5) is 4.39 Å². The van der Waals surface area contributed by atoms with Crippen molar-refractivity contribution in [1.82, 2.24) is 15.5 Å². The number of carbonyl (C=O) groups excluding carboxylic acids is 2. The summed E-state index contributed by atoms with van der Waals surface area (Å²) >= 11 is 3.21. The van der Waals surface area contributed by atoms with Crippen molar-refractivity contribution < 1.29 is 14.0 Å². The number of halogens is 3. The highest BCUT2D eigenvalue weighted by atomic mass is 79.9. The van der Waals surface area contributed by atoms with Crippen molar-refractivity contribution in [3.63, 3.8) is 0 Å². The molecule has 2 rings (SSSR count). The minimum atomic E-state index is -0.474. The lowest BCUT2D eigenvalue weighted by Gasteiger charge is -2.23. The molecular weight excluding hydrogens is 389 g/mol. The number of nitrogens with zero attached hydrogens (tertiary/aromatic N) is 1. The van der Waals surface area contributed by atoms with E-state index in [1.54, 1.807) is 11.9 Å². The Bertz CT molecular complexity index is 568. The Morgan fingerprint density at radius 2 is 2.22 bits per heavy atom. The lowest BCUT2D eigenvalue weighted by molar-refractivity contribution is -0.131. The number of amides is 2. The lowest BCUT2D eigenvalue weighted by Crippen LogP contribution is -2.40. The third-order valence-corrected chi connectivity index (χ3v) is 4.46. The number of likely N-dealkylation sites (N-methyl/N-ethyl adjacent to an activating group) is 1. The molecule has 1 saturated heterocycles. The fraction of sp³-hybridized carbons (Fsp3) is 0.467. The molecule has 0 bridgehead atoms. The van der Waals surface area contributed by atoms with Gasteiger partial charge in [0.2, 0.25) is 5.91 Å². The van der Waals surface area contributed by atoms with Crippen molar-refractivity contribution in [2.24, 2.45) is 0 Å². The van der Waals surface area contributed by atoms with Gasteiger partial charge < -0.3 is 15.5 Å². The highest BCUT2D eigenvalue weighted by molar-refractivity contribution is 9.10. The van der Waals surface area contributed by atoms with E-state index >= 15 is 0 Å². The third-order valence-electron chi connectivity index (χ3n) is 3.77. The van der Waals surface area contributed by atoms with Gasteiger partial charge in [-0.05, 0) is 47.1 Å². The molecule has 128 valence electrons. The lowest BCUT2D eigenvalue weighted by atomic mass is 10.2. The highest BCUT2D eigenvalue weighted by Gasteiger charge is 2.22. The standard InChI is InChI=1S/C15H19BrFN3O2.ClH/c1-20(11-4-6-18-9-11)14(21)5-7-19-15(22)12-8-10(17)2-3-13(12)16;/h2-3,8,11,18H,4-7,9H2,1H3,(H,19,22);1H. The van der Waals surface area contributed by atoms with E-state index in [1.807, 2.05) is 0 Å². The van der Waals surface area contributed by atoms with Crippen LogP contribution in [-0.4, -0.2) is 49.4 Å². The normalized spacial score (nSPS) is 16.6. The topological polar surface area (TPSA) is 61.4 Å². The van der Waals surface area contributed by atoms with Crippen LogP contribution in [0, 0.1) is 5.82 Å². The monoisotopic (exact) mass is 407 g/mol. The Morgan fingerprint density at radius 3 is 2.87 bits per heavy atom. The van der Waals surface area contributed by atoms with Crippen molar-refractivity contribution in [3.05, 3.63) is 34.1 Å². The van der Waals surface area contributed by atoms with Gasteiger partial charge in [-0.25, -0.2) is 4.39 Å². The van der Waals surface area contributed by atoms with E-state index in [-0.39, 0.29) is 42.9 Å². The molecule has 1 atom stereocenters. The maximum absolute atomic E-state index is 13.2. The number of benzene rings is 1. The number of carbonyl (C=O) groups is 2. The Balaban J connectivity index is 0.00000264. The van der Waals surface area contributed by atoms with E-state index in [4.69, 9.17) is 0 Å². The molecule has 1 fully saturated rings. The summed E-state index contributed by atoms with van der Waals surface area (Å²) in [5.74, 6) is -0.880. The molecule has 2 amide bonds. The zero-order chi connectivity index (χ0) is 16.1. The molecule has 0 aromatic heterocycles. The molecule has 1 unspecified atom stereocenters. The van der Waals surface area contributed by atoms with Gasteiger partial charge in [0.05, 0.1) is 5.56 Å². The van der Waals surface area contributed by atoms with Gasteiger partial charge in [0, 0.05) is 37.1 Å². The average molecular weight is 409 g/mol. The van der Waals surface area contributed by atoms with E-state index in [0.29, 0.717) is 4.47 Å². The zero-order valence-electron chi connectivity index (χ0n) is 12.8. The number of rotatable bonds is 5. The van der Waals surface area contributed by atoms with Crippen LogP contribution in [-0.2, 0) is 4.79 Å². The molecule has 1 aromatic carbocycles.